The van der Waals surface area contributed by atoms with Gasteiger partial charge >= 0.3 is 0 Å². The molecule has 0 saturated heterocycles. The minimum absolute atomic E-state index is 0.911. The van der Waals surface area contributed by atoms with Crippen LogP contribution in [-0.4, -0.2) is 0 Å². The van der Waals surface area contributed by atoms with E-state index in [1.807, 2.05) is 0 Å². The maximum atomic E-state index is 2.46. The van der Waals surface area contributed by atoms with Gasteiger partial charge in [0, 0.05) is 0 Å². The van der Waals surface area contributed by atoms with Crippen molar-refractivity contribution in [3.8, 4) is 0 Å². The fourth-order valence-corrected chi connectivity index (χ4v) is 3.63. The molecule has 0 amide bonds. The van der Waals surface area contributed by atoms with Crippen LogP contribution in [0.2, 0.25) is 0 Å². The van der Waals surface area contributed by atoms with E-state index in [9.17, 15) is 0 Å². The fraction of sp³-hybridized carbons (Fsp3) is 1.00. The van der Waals surface area contributed by atoms with Gasteiger partial charge in [-0.3, -0.25) is 0 Å². The second-order valence-electron chi connectivity index (χ2n) is 6.02. The second kappa shape index (κ2) is 5.92. The van der Waals surface area contributed by atoms with Crippen molar-refractivity contribution < 1.29 is 0 Å². The molecule has 3 unspecified atom stereocenters. The quantitative estimate of drug-likeness (QED) is 0.546. The summed E-state index contributed by atoms with van der Waals surface area (Å²) in [5.74, 6) is 5.06. The molecule has 0 heterocycles. The lowest BCUT2D eigenvalue weighted by Crippen LogP contribution is -2.03. The molecule has 0 nitrogen and oxygen atoms in total. The summed E-state index contributed by atoms with van der Waals surface area (Å²) < 4.78 is 0. The number of hydrogen-bond donors (Lipinski definition) is 0. The van der Waals surface area contributed by atoms with Crippen molar-refractivity contribution in [2.45, 2.75) is 66.7 Å². The molecule has 0 aromatic carbocycles. The molecule has 90 valence electrons. The van der Waals surface area contributed by atoms with Crippen LogP contribution < -0.4 is 0 Å². The average molecular weight is 210 g/mol. The van der Waals surface area contributed by atoms with Gasteiger partial charge in [0.1, 0.15) is 0 Å². The zero-order valence-electron chi connectivity index (χ0n) is 11.4. The van der Waals surface area contributed by atoms with Gasteiger partial charge in [0.15, 0.2) is 0 Å². The predicted molar refractivity (Wildman–Crippen MR) is 68.9 cm³/mol. The smallest absolute Gasteiger partial charge is 0.0331 e. The van der Waals surface area contributed by atoms with Gasteiger partial charge in [-0.1, -0.05) is 60.3 Å². The van der Waals surface area contributed by atoms with Crippen LogP contribution in [0.4, 0.5) is 0 Å². The highest BCUT2D eigenvalue weighted by molar-refractivity contribution is 4.96. The van der Waals surface area contributed by atoms with Crippen LogP contribution in [0.15, 0.2) is 0 Å². The maximum Gasteiger partial charge on any atom is -0.0331 e. The van der Waals surface area contributed by atoms with E-state index < -0.39 is 0 Å². The first-order valence-corrected chi connectivity index (χ1v) is 7.11. The SMILES string of the molecule is CCCC(CCC)CC1C(C)C1C(C)C. The molecule has 0 aliphatic heterocycles. The maximum absolute atomic E-state index is 2.46. The Balaban J connectivity index is 2.33. The minimum atomic E-state index is 0.911. The van der Waals surface area contributed by atoms with E-state index in [0.29, 0.717) is 0 Å². The van der Waals surface area contributed by atoms with Gasteiger partial charge in [0.25, 0.3) is 0 Å². The Morgan fingerprint density at radius 1 is 1.00 bits per heavy atom. The van der Waals surface area contributed by atoms with Crippen molar-refractivity contribution in [2.24, 2.45) is 29.6 Å². The summed E-state index contributed by atoms with van der Waals surface area (Å²) in [4.78, 5) is 0. The Bertz CT molecular complexity index is 165. The average Bonchev–Trinajstić information content (AvgIpc) is 2.77. The van der Waals surface area contributed by atoms with Gasteiger partial charge in [-0.15, -0.1) is 0 Å². The summed E-state index contributed by atoms with van der Waals surface area (Å²) in [6, 6.07) is 0. The van der Waals surface area contributed by atoms with Crippen LogP contribution >= 0.6 is 0 Å². The third kappa shape index (κ3) is 3.50. The van der Waals surface area contributed by atoms with Gasteiger partial charge in [-0.2, -0.15) is 0 Å². The summed E-state index contributed by atoms with van der Waals surface area (Å²) in [5.41, 5.74) is 0. The molecule has 1 aliphatic carbocycles. The molecule has 0 N–H and O–H groups in total. The van der Waals surface area contributed by atoms with Gasteiger partial charge < -0.3 is 0 Å². The fourth-order valence-electron chi connectivity index (χ4n) is 3.63. The summed E-state index contributed by atoms with van der Waals surface area (Å²) in [6.45, 7) is 11.9. The van der Waals surface area contributed by atoms with Crippen molar-refractivity contribution in [3.63, 3.8) is 0 Å². The van der Waals surface area contributed by atoms with Crippen LogP contribution in [0, 0.1) is 29.6 Å². The highest BCUT2D eigenvalue weighted by atomic mass is 14.5. The molecular weight excluding hydrogens is 180 g/mol. The van der Waals surface area contributed by atoms with Crippen LogP contribution in [0.3, 0.4) is 0 Å². The van der Waals surface area contributed by atoms with Crippen molar-refractivity contribution in [3.05, 3.63) is 0 Å². The molecule has 0 radical (unpaired) electrons. The normalized spacial score (nSPS) is 30.2. The zero-order chi connectivity index (χ0) is 11.4. The Kier molecular flexibility index (Phi) is 5.15. The van der Waals surface area contributed by atoms with E-state index >= 15 is 0 Å². The van der Waals surface area contributed by atoms with E-state index in [1.165, 1.54) is 32.1 Å². The molecule has 1 rings (SSSR count). The summed E-state index contributed by atoms with van der Waals surface area (Å²) in [6.07, 6.45) is 7.19. The second-order valence-corrected chi connectivity index (χ2v) is 6.02. The van der Waals surface area contributed by atoms with Crippen molar-refractivity contribution in [1.82, 2.24) is 0 Å². The van der Waals surface area contributed by atoms with Crippen LogP contribution in [0.1, 0.15) is 66.7 Å². The topological polar surface area (TPSA) is 0 Å². The van der Waals surface area contributed by atoms with E-state index in [4.69, 9.17) is 0 Å². The molecule has 3 atom stereocenters. The molecule has 0 heteroatoms. The van der Waals surface area contributed by atoms with Crippen LogP contribution in [0.5, 0.6) is 0 Å². The van der Waals surface area contributed by atoms with E-state index in [-0.39, 0.29) is 0 Å². The summed E-state index contributed by atoms with van der Waals surface area (Å²) in [5, 5.41) is 0. The highest BCUT2D eigenvalue weighted by Crippen LogP contribution is 2.54. The van der Waals surface area contributed by atoms with E-state index in [2.05, 4.69) is 34.6 Å². The molecule has 0 spiro atoms. The summed E-state index contributed by atoms with van der Waals surface area (Å²) in [7, 11) is 0. The molecule has 1 aliphatic rings. The van der Waals surface area contributed by atoms with Crippen molar-refractivity contribution in [1.29, 1.82) is 0 Å². The monoisotopic (exact) mass is 210 g/mol. The lowest BCUT2D eigenvalue weighted by molar-refractivity contribution is 0.366. The Morgan fingerprint density at radius 3 is 1.87 bits per heavy atom. The first-order chi connectivity index (χ1) is 7.11. The first-order valence-electron chi connectivity index (χ1n) is 7.11. The molecule has 0 bridgehead atoms. The first kappa shape index (κ1) is 13.1. The van der Waals surface area contributed by atoms with Crippen molar-refractivity contribution in [2.75, 3.05) is 0 Å². The third-order valence-electron chi connectivity index (χ3n) is 4.41. The van der Waals surface area contributed by atoms with Crippen LogP contribution in [-0.2, 0) is 0 Å². The van der Waals surface area contributed by atoms with Crippen molar-refractivity contribution >= 4 is 0 Å². The molecule has 1 fully saturated rings. The standard InChI is InChI=1S/C15H30/c1-6-8-13(9-7-2)10-14-12(5)15(14)11(3)4/h11-15H,6-10H2,1-5H3. The summed E-state index contributed by atoms with van der Waals surface area (Å²) >= 11 is 0. The number of hydrogen-bond acceptors (Lipinski definition) is 0. The van der Waals surface area contributed by atoms with Gasteiger partial charge in [-0.25, -0.2) is 0 Å². The predicted octanol–water partition coefficient (Wildman–Crippen LogP) is 5.13. The Hall–Kier alpha value is 0. The molecular formula is C15H30. The van der Waals surface area contributed by atoms with Gasteiger partial charge in [-0.05, 0) is 36.0 Å². The van der Waals surface area contributed by atoms with Gasteiger partial charge in [0.05, 0.1) is 0 Å². The molecule has 0 aromatic rings. The van der Waals surface area contributed by atoms with E-state index in [0.717, 1.165) is 29.6 Å². The lowest BCUT2D eigenvalue weighted by Gasteiger charge is -2.15. The molecule has 15 heavy (non-hydrogen) atoms. The van der Waals surface area contributed by atoms with Crippen LogP contribution in [0.25, 0.3) is 0 Å². The Labute approximate surface area is 96.8 Å². The van der Waals surface area contributed by atoms with Gasteiger partial charge in [0.2, 0.25) is 0 Å². The Morgan fingerprint density at radius 2 is 1.53 bits per heavy atom. The van der Waals surface area contributed by atoms with E-state index in [1.54, 1.807) is 0 Å². The zero-order valence-corrected chi connectivity index (χ0v) is 11.4. The largest absolute Gasteiger partial charge is 0.0654 e. The highest BCUT2D eigenvalue weighted by Gasteiger charge is 2.48. The third-order valence-corrected chi connectivity index (χ3v) is 4.41. The molecule has 1 saturated carbocycles. The lowest BCUT2D eigenvalue weighted by atomic mass is 9.91. The molecule has 0 aromatic heterocycles. The minimum Gasteiger partial charge on any atom is -0.0654 e. The number of rotatable bonds is 7.